The predicted octanol–water partition coefficient (Wildman–Crippen LogP) is 1.16. The smallest absolute Gasteiger partial charge is 0.0533 e. The highest BCUT2D eigenvalue weighted by Crippen LogP contribution is 1.98. The van der Waals surface area contributed by atoms with E-state index in [2.05, 4.69) is 5.10 Å². The second kappa shape index (κ2) is 2.18. The Morgan fingerprint density at radius 3 is 3.12 bits per heavy atom. The quantitative estimate of drug-likeness (QED) is 0.525. The van der Waals surface area contributed by atoms with Crippen LogP contribution >= 0.6 is 11.6 Å². The van der Waals surface area contributed by atoms with Crippen LogP contribution in [-0.4, -0.2) is 9.78 Å². The molecule has 0 aliphatic heterocycles. The first-order valence-corrected chi connectivity index (χ1v) is 2.56. The van der Waals surface area contributed by atoms with Crippen molar-refractivity contribution in [2.45, 2.75) is 5.83 Å². The number of aromatic nitrogens is 2. The van der Waals surface area contributed by atoms with Gasteiger partial charge in [-0.3, -0.25) is 4.68 Å². The Bertz CT molecular complexity index is 228. The maximum Gasteiger partial charge on any atom is 0.0533 e. The van der Waals surface area contributed by atoms with Crippen molar-refractivity contribution in [3.05, 3.63) is 18.0 Å². The van der Waals surface area contributed by atoms with Crippen molar-refractivity contribution in [1.82, 2.24) is 9.78 Å². The van der Waals surface area contributed by atoms with E-state index < -0.39 is 5.83 Å². The molecule has 1 rings (SSSR count). The van der Waals surface area contributed by atoms with E-state index in [1.54, 1.807) is 13.2 Å². The molecule has 0 saturated carbocycles. The summed E-state index contributed by atoms with van der Waals surface area (Å²) in [5.74, 6) is -1.80. The lowest BCUT2D eigenvalue weighted by atomic mass is 10.4. The van der Waals surface area contributed by atoms with Crippen molar-refractivity contribution in [3.8, 4) is 0 Å². The number of hydrogen-bond donors (Lipinski definition) is 0. The van der Waals surface area contributed by atoms with Crippen molar-refractivity contribution in [3.63, 3.8) is 0 Å². The highest BCUT2D eigenvalue weighted by atomic mass is 35.5. The third-order valence-corrected chi connectivity index (χ3v) is 1.03. The highest BCUT2D eigenvalue weighted by molar-refractivity contribution is 6.17. The van der Waals surface area contributed by atoms with Gasteiger partial charge in [0.15, 0.2) is 0 Å². The van der Waals surface area contributed by atoms with E-state index in [1.807, 2.05) is 0 Å². The molecule has 0 unspecified atom stereocenters. The fourth-order valence-electron chi connectivity index (χ4n) is 0.470. The van der Waals surface area contributed by atoms with Gasteiger partial charge in [-0.25, -0.2) is 0 Å². The molecule has 0 radical (unpaired) electrons. The fourth-order valence-corrected chi connectivity index (χ4v) is 0.568. The molecule has 1 aromatic rings. The monoisotopic (exact) mass is 132 g/mol. The number of aryl methyl sites for hydroxylation is 1. The first-order valence-electron chi connectivity index (χ1n) is 3.18. The van der Waals surface area contributed by atoms with Crippen LogP contribution in [-0.2, 0) is 12.9 Å². The summed E-state index contributed by atoms with van der Waals surface area (Å²) in [5, 5.41) is 3.78. The van der Waals surface area contributed by atoms with Gasteiger partial charge in [0, 0.05) is 21.5 Å². The topological polar surface area (TPSA) is 17.8 Å². The standard InChI is InChI=1S/C5H7ClN2/c1-8-4-5(2-6)3-7-8/h3-4H,2H2,1H3/i2D2. The van der Waals surface area contributed by atoms with Gasteiger partial charge in [-0.15, -0.1) is 11.6 Å². The normalized spacial score (nSPS) is 15.2. The number of alkyl halides is 1. The first-order chi connectivity index (χ1) is 4.50. The lowest BCUT2D eigenvalue weighted by molar-refractivity contribution is 0.767. The van der Waals surface area contributed by atoms with Crippen LogP contribution < -0.4 is 0 Å². The molecule has 0 spiro atoms. The van der Waals surface area contributed by atoms with E-state index in [1.165, 1.54) is 10.9 Å². The summed E-state index contributed by atoms with van der Waals surface area (Å²) in [7, 11) is 1.71. The zero-order valence-electron chi connectivity index (χ0n) is 6.43. The molecule has 0 aliphatic rings. The van der Waals surface area contributed by atoms with Crippen molar-refractivity contribution >= 4 is 11.6 Å². The summed E-state index contributed by atoms with van der Waals surface area (Å²) in [5.41, 5.74) is 0.386. The van der Waals surface area contributed by atoms with Gasteiger partial charge in [-0.05, 0) is 0 Å². The van der Waals surface area contributed by atoms with Gasteiger partial charge in [-0.1, -0.05) is 0 Å². The minimum Gasteiger partial charge on any atom is -0.275 e. The van der Waals surface area contributed by atoms with Crippen molar-refractivity contribution in [2.75, 3.05) is 0 Å². The molecule has 1 heterocycles. The molecule has 0 N–H and O–H groups in total. The fraction of sp³-hybridized carbons (Fsp3) is 0.400. The van der Waals surface area contributed by atoms with E-state index in [0.29, 0.717) is 5.56 Å². The first kappa shape index (κ1) is 3.51. The molecule has 44 valence electrons. The Kier molecular flexibility index (Phi) is 0.956. The summed E-state index contributed by atoms with van der Waals surface area (Å²) in [4.78, 5) is 0. The molecule has 0 amide bonds. The molecule has 0 bridgehead atoms. The van der Waals surface area contributed by atoms with Crippen molar-refractivity contribution in [1.29, 1.82) is 0 Å². The molecule has 2 nitrogen and oxygen atoms in total. The molecular formula is C5H7ClN2. The van der Waals surface area contributed by atoms with Crippen LogP contribution in [0.5, 0.6) is 0 Å². The Morgan fingerprint density at radius 1 is 2.12 bits per heavy atom. The van der Waals surface area contributed by atoms with Crippen LogP contribution in [0.15, 0.2) is 12.4 Å². The summed E-state index contributed by atoms with van der Waals surface area (Å²) in [6.07, 6.45) is 2.96. The average molecular weight is 133 g/mol. The van der Waals surface area contributed by atoms with Gasteiger partial charge < -0.3 is 0 Å². The van der Waals surface area contributed by atoms with Crippen LogP contribution in [0.3, 0.4) is 0 Å². The van der Waals surface area contributed by atoms with Gasteiger partial charge in [-0.2, -0.15) is 5.10 Å². The highest BCUT2D eigenvalue weighted by Gasteiger charge is 1.89. The minimum atomic E-state index is -1.80. The van der Waals surface area contributed by atoms with Crippen LogP contribution in [0, 0.1) is 0 Å². The molecule has 3 heteroatoms. The Balaban J connectivity index is 2.96. The molecule has 8 heavy (non-hydrogen) atoms. The van der Waals surface area contributed by atoms with Gasteiger partial charge in [0.2, 0.25) is 0 Å². The third kappa shape index (κ3) is 1.01. The van der Waals surface area contributed by atoms with Crippen LogP contribution in [0.1, 0.15) is 8.30 Å². The maximum atomic E-state index is 7.06. The van der Waals surface area contributed by atoms with Crippen LogP contribution in [0.2, 0.25) is 0 Å². The summed E-state index contributed by atoms with van der Waals surface area (Å²) in [6.45, 7) is 0. The lowest BCUT2D eigenvalue weighted by Gasteiger charge is -1.80. The molecule has 0 atom stereocenters. The molecular weight excluding hydrogens is 124 g/mol. The average Bonchev–Trinajstić information content (AvgIpc) is 2.11. The van der Waals surface area contributed by atoms with E-state index in [0.717, 1.165) is 0 Å². The van der Waals surface area contributed by atoms with Gasteiger partial charge in [0.05, 0.1) is 12.0 Å². The molecule has 0 fully saturated rings. The Morgan fingerprint density at radius 2 is 2.88 bits per heavy atom. The summed E-state index contributed by atoms with van der Waals surface area (Å²) in [6, 6.07) is 0. The molecule has 0 saturated heterocycles. The second-order valence-corrected chi connectivity index (χ2v) is 1.69. The van der Waals surface area contributed by atoms with Gasteiger partial charge >= 0.3 is 0 Å². The van der Waals surface area contributed by atoms with E-state index in [-0.39, 0.29) is 0 Å². The van der Waals surface area contributed by atoms with Crippen LogP contribution in [0.4, 0.5) is 0 Å². The SMILES string of the molecule is [2H]C([2H])(Cl)c1cnn(C)c1. The molecule has 0 aliphatic carbocycles. The zero-order chi connectivity index (χ0) is 7.78. The zero-order valence-corrected chi connectivity index (χ0v) is 5.18. The third-order valence-electron chi connectivity index (χ3n) is 0.814. The number of rotatable bonds is 1. The summed E-state index contributed by atoms with van der Waals surface area (Å²) >= 11 is 5.35. The van der Waals surface area contributed by atoms with Crippen molar-refractivity contribution in [2.24, 2.45) is 7.05 Å². The van der Waals surface area contributed by atoms with Gasteiger partial charge in [0.25, 0.3) is 0 Å². The lowest BCUT2D eigenvalue weighted by Crippen LogP contribution is -1.84. The van der Waals surface area contributed by atoms with E-state index >= 15 is 0 Å². The van der Waals surface area contributed by atoms with Gasteiger partial charge in [0.1, 0.15) is 0 Å². The summed E-state index contributed by atoms with van der Waals surface area (Å²) < 4.78 is 15.6. The Labute approximate surface area is 55.9 Å². The largest absolute Gasteiger partial charge is 0.275 e. The van der Waals surface area contributed by atoms with Crippen LogP contribution in [0.25, 0.3) is 0 Å². The number of halogens is 1. The molecule has 1 aromatic heterocycles. The Hall–Kier alpha value is -0.500. The van der Waals surface area contributed by atoms with E-state index in [9.17, 15) is 0 Å². The minimum absolute atomic E-state index is 0.386. The second-order valence-electron chi connectivity index (χ2n) is 1.50. The van der Waals surface area contributed by atoms with Crippen molar-refractivity contribution < 1.29 is 2.74 Å². The number of nitrogens with zero attached hydrogens (tertiary/aromatic N) is 2. The molecule has 0 aromatic carbocycles. The number of hydrogen-bond acceptors (Lipinski definition) is 1. The van der Waals surface area contributed by atoms with E-state index in [4.69, 9.17) is 14.3 Å². The maximum absolute atomic E-state index is 7.06. The predicted molar refractivity (Wildman–Crippen MR) is 32.8 cm³/mol.